The van der Waals surface area contributed by atoms with Crippen LogP contribution in [-0.2, 0) is 22.7 Å². The van der Waals surface area contributed by atoms with Gasteiger partial charge in [-0.15, -0.1) is 0 Å². The van der Waals surface area contributed by atoms with E-state index in [1.165, 1.54) is 16.7 Å². The van der Waals surface area contributed by atoms with Gasteiger partial charge in [0.05, 0.1) is 26.4 Å². The number of hydrogen-bond donors (Lipinski definition) is 0. The molecule has 1 aliphatic carbocycles. The molecule has 1 fully saturated rings. The smallest absolute Gasteiger partial charge is 0.0717 e. The molecule has 0 aromatic heterocycles. The maximum absolute atomic E-state index is 6.17. The number of rotatable bonds is 10. The van der Waals surface area contributed by atoms with Crippen LogP contribution in [0.1, 0.15) is 37.3 Å². The average Bonchev–Trinajstić information content (AvgIpc) is 3.03. The van der Waals surface area contributed by atoms with Crippen LogP contribution < -0.4 is 0 Å². The van der Waals surface area contributed by atoms with Crippen LogP contribution in [0.4, 0.5) is 0 Å². The highest BCUT2D eigenvalue weighted by atomic mass is 16.5. The van der Waals surface area contributed by atoms with Gasteiger partial charge in [-0.3, -0.25) is 0 Å². The van der Waals surface area contributed by atoms with Crippen LogP contribution in [0.15, 0.2) is 85.0 Å². The van der Waals surface area contributed by atoms with E-state index in [1.54, 1.807) is 0 Å². The molecule has 0 saturated heterocycles. The summed E-state index contributed by atoms with van der Waals surface area (Å²) in [6.07, 6.45) is 7.65. The van der Waals surface area contributed by atoms with Crippen LogP contribution in [0.2, 0.25) is 0 Å². The summed E-state index contributed by atoms with van der Waals surface area (Å²) in [6.45, 7) is 9.21. The molecule has 2 aromatic rings. The van der Waals surface area contributed by atoms with E-state index < -0.39 is 0 Å². The lowest BCUT2D eigenvalue weighted by Crippen LogP contribution is -2.30. The first-order chi connectivity index (χ1) is 13.7. The predicted octanol–water partition coefficient (Wildman–Crippen LogP) is 6.34. The summed E-state index contributed by atoms with van der Waals surface area (Å²) in [5.74, 6) is 0.431. The predicted molar refractivity (Wildman–Crippen MR) is 116 cm³/mol. The Labute approximate surface area is 169 Å². The lowest BCUT2D eigenvalue weighted by molar-refractivity contribution is -0.0298. The third-order valence-corrected chi connectivity index (χ3v) is 5.42. The van der Waals surface area contributed by atoms with Gasteiger partial charge in [0.1, 0.15) is 0 Å². The van der Waals surface area contributed by atoms with E-state index in [0.29, 0.717) is 32.3 Å². The van der Waals surface area contributed by atoms with Gasteiger partial charge in [-0.2, -0.15) is 0 Å². The molecular weight excluding hydrogens is 344 g/mol. The van der Waals surface area contributed by atoms with E-state index in [2.05, 4.69) is 74.2 Å². The van der Waals surface area contributed by atoms with Crippen LogP contribution in [-0.4, -0.2) is 13.2 Å². The zero-order valence-corrected chi connectivity index (χ0v) is 17.0. The van der Waals surface area contributed by atoms with Gasteiger partial charge in [-0.25, -0.2) is 0 Å². The van der Waals surface area contributed by atoms with Gasteiger partial charge in [0.25, 0.3) is 0 Å². The van der Waals surface area contributed by atoms with Gasteiger partial charge in [-0.05, 0) is 36.3 Å². The molecule has 2 heteroatoms. The van der Waals surface area contributed by atoms with Crippen LogP contribution in [0, 0.1) is 11.3 Å². The number of benzene rings is 2. The molecule has 1 unspecified atom stereocenters. The Morgan fingerprint density at radius 2 is 1.46 bits per heavy atom. The summed E-state index contributed by atoms with van der Waals surface area (Å²) in [7, 11) is 0. The van der Waals surface area contributed by atoms with Crippen molar-refractivity contribution in [1.29, 1.82) is 0 Å². The Morgan fingerprint density at radius 3 is 1.96 bits per heavy atom. The quantitative estimate of drug-likeness (QED) is 0.451. The molecule has 2 nitrogen and oxygen atoms in total. The van der Waals surface area contributed by atoms with Crippen LogP contribution in [0.3, 0.4) is 0 Å². The van der Waals surface area contributed by atoms with Crippen molar-refractivity contribution in [2.75, 3.05) is 13.2 Å². The average molecular weight is 377 g/mol. The number of hydrogen-bond acceptors (Lipinski definition) is 2. The van der Waals surface area contributed by atoms with Crippen molar-refractivity contribution in [1.82, 2.24) is 0 Å². The van der Waals surface area contributed by atoms with Crippen molar-refractivity contribution >= 4 is 0 Å². The second kappa shape index (κ2) is 10.4. The summed E-state index contributed by atoms with van der Waals surface area (Å²) in [6, 6.07) is 20.7. The fourth-order valence-corrected chi connectivity index (χ4v) is 3.98. The Hall–Kier alpha value is -2.16. The highest BCUT2D eigenvalue weighted by Crippen LogP contribution is 2.46. The molecule has 0 aliphatic heterocycles. The van der Waals surface area contributed by atoms with Crippen LogP contribution in [0.25, 0.3) is 0 Å². The molecule has 148 valence electrons. The van der Waals surface area contributed by atoms with E-state index in [-0.39, 0.29) is 5.41 Å². The molecule has 1 saturated carbocycles. The molecule has 3 rings (SSSR count). The van der Waals surface area contributed by atoms with Crippen LogP contribution >= 0.6 is 0 Å². The molecule has 28 heavy (non-hydrogen) atoms. The summed E-state index contributed by atoms with van der Waals surface area (Å²) in [5, 5.41) is 0. The molecular formula is C26H32O2. The molecule has 0 spiro atoms. The fourth-order valence-electron chi connectivity index (χ4n) is 3.98. The zero-order chi connectivity index (χ0) is 19.7. The third kappa shape index (κ3) is 5.92. The van der Waals surface area contributed by atoms with E-state index in [4.69, 9.17) is 9.47 Å². The minimum Gasteiger partial charge on any atom is -0.376 e. The molecule has 1 atom stereocenters. The monoisotopic (exact) mass is 376 g/mol. The standard InChI is InChI=1S/C26H32O2/c1-3-4-15-25-17-26(16-22(25)2,20-27-18-23-11-7-5-8-12-23)21-28-19-24-13-9-6-10-14-24/h4-15,25H,2-3,16-21H2,1H3/b15-4+. The highest BCUT2D eigenvalue weighted by Gasteiger charge is 2.41. The molecule has 2 aromatic carbocycles. The lowest BCUT2D eigenvalue weighted by atomic mass is 9.87. The minimum atomic E-state index is 0.00337. The van der Waals surface area contributed by atoms with Crippen molar-refractivity contribution in [3.63, 3.8) is 0 Å². The van der Waals surface area contributed by atoms with Crippen molar-refractivity contribution in [2.45, 2.75) is 39.4 Å². The van der Waals surface area contributed by atoms with Gasteiger partial charge in [0.15, 0.2) is 0 Å². The normalized spacial score (nSPS) is 18.8. The van der Waals surface area contributed by atoms with Gasteiger partial charge in [0.2, 0.25) is 0 Å². The largest absolute Gasteiger partial charge is 0.376 e. The lowest BCUT2D eigenvalue weighted by Gasteiger charge is -2.29. The van der Waals surface area contributed by atoms with Gasteiger partial charge >= 0.3 is 0 Å². The van der Waals surface area contributed by atoms with Gasteiger partial charge in [0, 0.05) is 5.41 Å². The van der Waals surface area contributed by atoms with Gasteiger partial charge in [-0.1, -0.05) is 91.9 Å². The zero-order valence-electron chi connectivity index (χ0n) is 17.0. The first-order valence-electron chi connectivity index (χ1n) is 10.3. The Bertz CT molecular complexity index is 703. The van der Waals surface area contributed by atoms with E-state index >= 15 is 0 Å². The van der Waals surface area contributed by atoms with Gasteiger partial charge < -0.3 is 9.47 Å². The second-order valence-electron chi connectivity index (χ2n) is 7.94. The summed E-state index contributed by atoms with van der Waals surface area (Å²) < 4.78 is 12.3. The van der Waals surface area contributed by atoms with E-state index in [0.717, 1.165) is 19.3 Å². The van der Waals surface area contributed by atoms with Crippen molar-refractivity contribution in [3.8, 4) is 0 Å². The maximum atomic E-state index is 6.17. The number of allylic oxidation sites excluding steroid dienone is 3. The Kier molecular flexibility index (Phi) is 7.64. The molecule has 1 aliphatic rings. The summed E-state index contributed by atoms with van der Waals surface area (Å²) in [4.78, 5) is 0. The molecule has 0 radical (unpaired) electrons. The first-order valence-corrected chi connectivity index (χ1v) is 10.3. The molecule has 0 bridgehead atoms. The summed E-state index contributed by atoms with van der Waals surface area (Å²) in [5.41, 5.74) is 3.73. The topological polar surface area (TPSA) is 18.5 Å². The molecule has 0 N–H and O–H groups in total. The van der Waals surface area contributed by atoms with E-state index in [1.807, 2.05) is 12.1 Å². The number of ether oxygens (including phenoxy) is 2. The van der Waals surface area contributed by atoms with Crippen LogP contribution in [0.5, 0.6) is 0 Å². The highest BCUT2D eigenvalue weighted by molar-refractivity contribution is 5.20. The molecule has 0 amide bonds. The summed E-state index contributed by atoms with van der Waals surface area (Å²) >= 11 is 0. The minimum absolute atomic E-state index is 0.00337. The maximum Gasteiger partial charge on any atom is 0.0717 e. The Balaban J connectivity index is 1.61. The van der Waals surface area contributed by atoms with Crippen molar-refractivity contribution < 1.29 is 9.47 Å². The first kappa shape index (κ1) is 20.6. The third-order valence-electron chi connectivity index (χ3n) is 5.42. The molecule has 0 heterocycles. The van der Waals surface area contributed by atoms with Crippen molar-refractivity contribution in [2.24, 2.45) is 11.3 Å². The van der Waals surface area contributed by atoms with Crippen molar-refractivity contribution in [3.05, 3.63) is 96.1 Å². The fraction of sp³-hybridized carbons (Fsp3) is 0.385. The van der Waals surface area contributed by atoms with E-state index in [9.17, 15) is 0 Å². The second-order valence-corrected chi connectivity index (χ2v) is 7.94. The Morgan fingerprint density at radius 1 is 0.929 bits per heavy atom. The SMILES string of the molecule is C=C1CC(COCc2ccccc2)(COCc2ccccc2)CC1/C=C/CC.